The van der Waals surface area contributed by atoms with E-state index in [1.807, 2.05) is 13.0 Å². The van der Waals surface area contributed by atoms with E-state index < -0.39 is 0 Å². The van der Waals surface area contributed by atoms with Crippen molar-refractivity contribution in [1.82, 2.24) is 9.97 Å². The second-order valence-corrected chi connectivity index (χ2v) is 7.23. The monoisotopic (exact) mass is 323 g/mol. The topological polar surface area (TPSA) is 67.7 Å². The first-order chi connectivity index (χ1) is 10.8. The number of ether oxygens (including phenoxy) is 2. The number of methoxy groups -OCH3 is 1. The average Bonchev–Trinajstić information content (AvgIpc) is 2.46. The van der Waals surface area contributed by atoms with Crippen molar-refractivity contribution in [3.63, 3.8) is 0 Å². The fourth-order valence-corrected chi connectivity index (χ4v) is 2.73. The lowest BCUT2D eigenvalue weighted by molar-refractivity contribution is 0.0717. The van der Waals surface area contributed by atoms with Gasteiger partial charge in [-0.25, -0.2) is 9.97 Å². The van der Waals surface area contributed by atoms with Gasteiger partial charge in [0.05, 0.1) is 37.7 Å². The van der Waals surface area contributed by atoms with Crippen LogP contribution in [-0.4, -0.2) is 54.1 Å². The molecule has 1 aliphatic rings. The molecule has 1 N–H and O–H groups in total. The van der Waals surface area contributed by atoms with Crippen molar-refractivity contribution >= 4 is 5.82 Å². The third-order valence-electron chi connectivity index (χ3n) is 3.86. The summed E-state index contributed by atoms with van der Waals surface area (Å²) in [4.78, 5) is 11.7. The highest BCUT2D eigenvalue weighted by Crippen LogP contribution is 2.25. The Kier molecular flexibility index (Phi) is 5.95. The Morgan fingerprint density at radius 3 is 2.78 bits per heavy atom. The van der Waals surface area contributed by atoms with Gasteiger partial charge in [0.2, 0.25) is 0 Å². The Morgan fingerprint density at radius 2 is 2.17 bits per heavy atom. The van der Waals surface area contributed by atoms with Crippen LogP contribution in [-0.2, 0) is 21.5 Å². The van der Waals surface area contributed by atoms with Crippen LogP contribution in [0.15, 0.2) is 6.07 Å². The maximum Gasteiger partial charge on any atom is 0.136 e. The molecule has 1 aliphatic heterocycles. The van der Waals surface area contributed by atoms with E-state index in [-0.39, 0.29) is 17.6 Å². The third-order valence-corrected chi connectivity index (χ3v) is 3.86. The normalized spacial score (nSPS) is 20.6. The van der Waals surface area contributed by atoms with Crippen LogP contribution in [0.25, 0.3) is 0 Å². The van der Waals surface area contributed by atoms with Gasteiger partial charge in [-0.1, -0.05) is 20.8 Å². The summed E-state index contributed by atoms with van der Waals surface area (Å²) < 4.78 is 10.8. The predicted molar refractivity (Wildman–Crippen MR) is 89.7 cm³/mol. The Morgan fingerprint density at radius 1 is 1.43 bits per heavy atom. The zero-order chi connectivity index (χ0) is 17.0. The molecule has 130 valence electrons. The molecule has 2 rings (SSSR count). The maximum absolute atomic E-state index is 9.76. The van der Waals surface area contributed by atoms with Crippen LogP contribution >= 0.6 is 0 Å². The third kappa shape index (κ3) is 4.86. The number of nitrogens with zero attached hydrogens (tertiary/aromatic N) is 3. The lowest BCUT2D eigenvalue weighted by atomic mass is 9.95. The first-order valence-corrected chi connectivity index (χ1v) is 8.21. The van der Waals surface area contributed by atoms with Gasteiger partial charge in [-0.05, 0) is 13.3 Å². The fourth-order valence-electron chi connectivity index (χ4n) is 2.73. The summed E-state index contributed by atoms with van der Waals surface area (Å²) in [5.74, 6) is 1.70. The van der Waals surface area contributed by atoms with Gasteiger partial charge < -0.3 is 19.5 Å². The zero-order valence-electron chi connectivity index (χ0n) is 14.9. The number of aromatic nitrogens is 2. The first-order valence-electron chi connectivity index (χ1n) is 8.21. The number of rotatable bonds is 5. The predicted octanol–water partition coefficient (Wildman–Crippen LogP) is 1.90. The van der Waals surface area contributed by atoms with E-state index in [9.17, 15) is 5.11 Å². The Balaban J connectivity index is 2.36. The van der Waals surface area contributed by atoms with E-state index in [4.69, 9.17) is 14.5 Å². The van der Waals surface area contributed by atoms with Crippen molar-refractivity contribution < 1.29 is 14.6 Å². The second kappa shape index (κ2) is 7.55. The van der Waals surface area contributed by atoms with Crippen molar-refractivity contribution in [2.45, 2.75) is 58.3 Å². The molecule has 23 heavy (non-hydrogen) atoms. The molecule has 0 aromatic carbocycles. The summed E-state index contributed by atoms with van der Waals surface area (Å²) in [5.41, 5.74) is 0.745. The number of anilines is 1. The van der Waals surface area contributed by atoms with Gasteiger partial charge in [-0.3, -0.25) is 0 Å². The molecule has 0 bridgehead atoms. The number of morpholine rings is 1. The minimum atomic E-state index is -0.369. The molecule has 2 heterocycles. The molecule has 0 spiro atoms. The van der Waals surface area contributed by atoms with E-state index in [0.717, 1.165) is 23.9 Å². The smallest absolute Gasteiger partial charge is 0.136 e. The van der Waals surface area contributed by atoms with Crippen molar-refractivity contribution in [3.05, 3.63) is 17.6 Å². The summed E-state index contributed by atoms with van der Waals surface area (Å²) in [6.07, 6.45) is 0.292. The molecule has 2 atom stereocenters. The molecule has 0 saturated carbocycles. The van der Waals surface area contributed by atoms with Crippen LogP contribution in [0.1, 0.15) is 45.6 Å². The van der Waals surface area contributed by atoms with Crippen LogP contribution in [0, 0.1) is 0 Å². The summed E-state index contributed by atoms with van der Waals surface area (Å²) in [6, 6.07) is 2.11. The molecule has 0 aliphatic carbocycles. The zero-order valence-corrected chi connectivity index (χ0v) is 14.9. The van der Waals surface area contributed by atoms with E-state index >= 15 is 0 Å². The quantitative estimate of drug-likeness (QED) is 0.892. The minimum absolute atomic E-state index is 0.127. The molecule has 6 heteroatoms. The highest BCUT2D eigenvalue weighted by molar-refractivity contribution is 5.42. The van der Waals surface area contributed by atoms with E-state index in [2.05, 4.69) is 30.7 Å². The summed E-state index contributed by atoms with van der Waals surface area (Å²) in [5, 5.41) is 9.76. The van der Waals surface area contributed by atoms with Crippen molar-refractivity contribution in [2.24, 2.45) is 0 Å². The van der Waals surface area contributed by atoms with Gasteiger partial charge in [0, 0.05) is 25.1 Å². The molecule has 6 nitrogen and oxygen atoms in total. The Bertz CT molecular complexity index is 514. The Labute approximate surface area is 138 Å². The number of aliphatic hydroxyl groups excluding tert-OH is 1. The molecule has 0 amide bonds. The average molecular weight is 323 g/mol. The van der Waals surface area contributed by atoms with Crippen molar-refractivity contribution in [2.75, 3.05) is 31.8 Å². The van der Waals surface area contributed by atoms with Gasteiger partial charge >= 0.3 is 0 Å². The van der Waals surface area contributed by atoms with Gasteiger partial charge in [-0.2, -0.15) is 0 Å². The molecule has 1 fully saturated rings. The largest absolute Gasteiger partial charge is 0.393 e. The highest BCUT2D eigenvalue weighted by Gasteiger charge is 2.28. The standard InChI is InChI=1S/C17H29N3O3/c1-12(21)8-14-11-23-7-6-20(14)15-9-13(10-22-5)18-16(19-15)17(2,3)4/h9,12,14,21H,6-8,10-11H2,1-5H3. The van der Waals surface area contributed by atoms with Crippen LogP contribution < -0.4 is 4.90 Å². The van der Waals surface area contributed by atoms with Crippen LogP contribution in [0.2, 0.25) is 0 Å². The van der Waals surface area contributed by atoms with Crippen LogP contribution in [0.5, 0.6) is 0 Å². The fraction of sp³-hybridized carbons (Fsp3) is 0.765. The molecule has 0 radical (unpaired) electrons. The molecule has 1 saturated heterocycles. The molecular formula is C17H29N3O3. The van der Waals surface area contributed by atoms with Gasteiger partial charge in [0.15, 0.2) is 0 Å². The SMILES string of the molecule is COCc1cc(N2CCOCC2CC(C)O)nc(C(C)(C)C)n1. The highest BCUT2D eigenvalue weighted by atomic mass is 16.5. The number of aliphatic hydroxyl groups is 1. The van der Waals surface area contributed by atoms with Gasteiger partial charge in [-0.15, -0.1) is 0 Å². The lowest BCUT2D eigenvalue weighted by Crippen LogP contribution is -2.47. The molecule has 1 aromatic heterocycles. The van der Waals surface area contributed by atoms with Gasteiger partial charge in [0.1, 0.15) is 11.6 Å². The van der Waals surface area contributed by atoms with Crippen LogP contribution in [0.4, 0.5) is 5.82 Å². The number of hydrogen-bond acceptors (Lipinski definition) is 6. The maximum atomic E-state index is 9.76. The number of hydrogen-bond donors (Lipinski definition) is 1. The molecule has 2 unspecified atom stereocenters. The van der Waals surface area contributed by atoms with E-state index in [1.165, 1.54) is 0 Å². The summed E-state index contributed by atoms with van der Waals surface area (Å²) in [6.45, 7) is 10.6. The molecular weight excluding hydrogens is 294 g/mol. The van der Waals surface area contributed by atoms with E-state index in [0.29, 0.717) is 26.2 Å². The lowest BCUT2D eigenvalue weighted by Gasteiger charge is -2.37. The Hall–Kier alpha value is -1.24. The summed E-state index contributed by atoms with van der Waals surface area (Å²) in [7, 11) is 1.67. The van der Waals surface area contributed by atoms with Gasteiger partial charge in [0.25, 0.3) is 0 Å². The van der Waals surface area contributed by atoms with Crippen molar-refractivity contribution in [3.8, 4) is 0 Å². The minimum Gasteiger partial charge on any atom is -0.393 e. The van der Waals surface area contributed by atoms with E-state index in [1.54, 1.807) is 7.11 Å². The summed E-state index contributed by atoms with van der Waals surface area (Å²) >= 11 is 0. The molecule has 1 aromatic rings. The van der Waals surface area contributed by atoms with Crippen molar-refractivity contribution in [1.29, 1.82) is 0 Å². The second-order valence-electron chi connectivity index (χ2n) is 7.23. The van der Waals surface area contributed by atoms with Crippen LogP contribution in [0.3, 0.4) is 0 Å². The first kappa shape index (κ1) is 18.1.